The molecule has 2 nitrogen and oxygen atoms in total. The third-order valence-corrected chi connectivity index (χ3v) is 6.20. The summed E-state index contributed by atoms with van der Waals surface area (Å²) in [6.45, 7) is 3.64. The largest absolute Gasteiger partial charge is 0.375 e. The van der Waals surface area contributed by atoms with E-state index in [1.165, 1.54) is 29.1 Å². The highest BCUT2D eigenvalue weighted by molar-refractivity contribution is 7.09. The summed E-state index contributed by atoms with van der Waals surface area (Å²) in [7, 11) is 0. The summed E-state index contributed by atoms with van der Waals surface area (Å²) in [5, 5.41) is 2.10. The quantitative estimate of drug-likeness (QED) is 0.530. The normalized spacial score (nSPS) is 15.5. The topological polar surface area (TPSA) is 6.48 Å². The highest BCUT2D eigenvalue weighted by atomic mass is 32.1. The van der Waals surface area contributed by atoms with Gasteiger partial charge in [0.05, 0.1) is 6.04 Å². The van der Waals surface area contributed by atoms with Crippen LogP contribution in [0.3, 0.4) is 0 Å². The Morgan fingerprint density at radius 1 is 0.828 bits per heavy atom. The number of hydrogen-bond acceptors (Lipinski definition) is 3. The van der Waals surface area contributed by atoms with Gasteiger partial charge in [-0.05, 0) is 53.0 Å². The van der Waals surface area contributed by atoms with Crippen LogP contribution in [0.25, 0.3) is 0 Å². The third-order valence-electron chi connectivity index (χ3n) is 5.30. The lowest BCUT2D eigenvalue weighted by molar-refractivity contribution is 0.139. The number of halogens is 2. The lowest BCUT2D eigenvalue weighted by Gasteiger charge is -2.39. The van der Waals surface area contributed by atoms with Crippen molar-refractivity contribution >= 4 is 11.3 Å². The van der Waals surface area contributed by atoms with E-state index in [1.54, 1.807) is 11.3 Å². The van der Waals surface area contributed by atoms with Crippen molar-refractivity contribution in [2.24, 2.45) is 0 Å². The Balaban J connectivity index is 1.45. The molecule has 4 rings (SSSR count). The first-order valence-electron chi connectivity index (χ1n) is 9.87. The van der Waals surface area contributed by atoms with Crippen molar-refractivity contribution in [3.63, 3.8) is 0 Å². The van der Waals surface area contributed by atoms with Gasteiger partial charge in [-0.2, -0.15) is 0 Å². The number of nitrogens with zero attached hydrogens (tertiary/aromatic N) is 2. The second-order valence-corrected chi connectivity index (χ2v) is 8.28. The van der Waals surface area contributed by atoms with Crippen LogP contribution < -0.4 is 0 Å². The van der Waals surface area contributed by atoms with Crippen LogP contribution in [0.15, 0.2) is 78.3 Å². The van der Waals surface area contributed by atoms with Crippen LogP contribution in [0.2, 0.25) is 0 Å². The molecule has 150 valence electrons. The van der Waals surface area contributed by atoms with Gasteiger partial charge in [-0.3, -0.25) is 4.90 Å². The monoisotopic (exact) mass is 410 g/mol. The van der Waals surface area contributed by atoms with Gasteiger partial charge in [-0.15, -0.1) is 11.3 Å². The van der Waals surface area contributed by atoms with Crippen LogP contribution in [0, 0.1) is 11.6 Å². The minimum Gasteiger partial charge on any atom is -0.375 e. The number of allylic oxidation sites excluding steroid dienone is 1. The second-order valence-electron chi connectivity index (χ2n) is 7.25. The number of thiophene rings is 1. The van der Waals surface area contributed by atoms with Crippen molar-refractivity contribution in [2.45, 2.75) is 12.5 Å². The first-order valence-corrected chi connectivity index (χ1v) is 10.7. The lowest BCUT2D eigenvalue weighted by Crippen LogP contribution is -2.45. The summed E-state index contributed by atoms with van der Waals surface area (Å²) in [6, 6.07) is 17.5. The number of piperazine rings is 1. The predicted molar refractivity (Wildman–Crippen MR) is 115 cm³/mol. The summed E-state index contributed by atoms with van der Waals surface area (Å²) >= 11 is 1.78. The van der Waals surface area contributed by atoms with Crippen LogP contribution in [0.5, 0.6) is 0 Å². The molecule has 0 radical (unpaired) electrons. The van der Waals surface area contributed by atoms with Gasteiger partial charge in [0.2, 0.25) is 0 Å². The second kappa shape index (κ2) is 9.33. The predicted octanol–water partition coefficient (Wildman–Crippen LogP) is 5.49. The van der Waals surface area contributed by atoms with E-state index in [0.717, 1.165) is 43.7 Å². The van der Waals surface area contributed by atoms with E-state index in [-0.39, 0.29) is 17.7 Å². The van der Waals surface area contributed by atoms with E-state index in [2.05, 4.69) is 39.6 Å². The van der Waals surface area contributed by atoms with Crippen LogP contribution in [0.4, 0.5) is 8.78 Å². The maximum Gasteiger partial charge on any atom is 0.123 e. The molecular weight excluding hydrogens is 386 g/mol. The highest BCUT2D eigenvalue weighted by Crippen LogP contribution is 2.30. The Hall–Kier alpha value is -2.50. The third kappa shape index (κ3) is 5.11. The fraction of sp³-hybridized carbons (Fsp3) is 0.250. The molecule has 2 heterocycles. The molecule has 1 aliphatic heterocycles. The Bertz CT molecular complexity index is 867. The zero-order chi connectivity index (χ0) is 20.1. The Kier molecular flexibility index (Phi) is 6.37. The molecule has 1 aromatic heterocycles. The average molecular weight is 411 g/mol. The Labute approximate surface area is 174 Å². The zero-order valence-corrected chi connectivity index (χ0v) is 17.0. The van der Waals surface area contributed by atoms with Crippen molar-refractivity contribution in [1.82, 2.24) is 9.80 Å². The van der Waals surface area contributed by atoms with Gasteiger partial charge >= 0.3 is 0 Å². The van der Waals surface area contributed by atoms with Crippen molar-refractivity contribution < 1.29 is 8.78 Å². The maximum absolute atomic E-state index is 13.4. The smallest absolute Gasteiger partial charge is 0.123 e. The van der Waals surface area contributed by atoms with Crippen LogP contribution in [0.1, 0.15) is 22.0 Å². The van der Waals surface area contributed by atoms with Crippen LogP contribution in [-0.4, -0.2) is 36.0 Å². The van der Waals surface area contributed by atoms with Gasteiger partial charge in [0.1, 0.15) is 11.6 Å². The molecule has 2 aromatic carbocycles. The molecule has 1 saturated heterocycles. The van der Waals surface area contributed by atoms with Gasteiger partial charge in [-0.25, -0.2) is 8.78 Å². The number of benzene rings is 2. The average Bonchev–Trinajstić information content (AvgIpc) is 3.26. The molecule has 0 N–H and O–H groups in total. The molecule has 0 unspecified atom stereocenters. The minimum absolute atomic E-state index is 0.00607. The first-order chi connectivity index (χ1) is 14.2. The number of rotatable bonds is 6. The molecule has 1 aliphatic rings. The van der Waals surface area contributed by atoms with Gasteiger partial charge in [-0.1, -0.05) is 36.4 Å². The molecule has 29 heavy (non-hydrogen) atoms. The van der Waals surface area contributed by atoms with E-state index in [4.69, 9.17) is 0 Å². The van der Waals surface area contributed by atoms with Crippen molar-refractivity contribution in [1.29, 1.82) is 0 Å². The van der Waals surface area contributed by atoms with E-state index in [1.807, 2.05) is 24.3 Å². The van der Waals surface area contributed by atoms with E-state index < -0.39 is 0 Å². The van der Waals surface area contributed by atoms with E-state index in [0.29, 0.717) is 0 Å². The fourth-order valence-electron chi connectivity index (χ4n) is 3.80. The molecule has 1 fully saturated rings. The molecule has 0 bridgehead atoms. The molecule has 0 atom stereocenters. The summed E-state index contributed by atoms with van der Waals surface area (Å²) < 4.78 is 26.9. The summed E-state index contributed by atoms with van der Waals surface area (Å²) in [5.74, 6) is -0.486. The molecule has 0 saturated carbocycles. The lowest BCUT2D eigenvalue weighted by atomic mass is 9.96. The van der Waals surface area contributed by atoms with Crippen molar-refractivity contribution in [2.75, 3.05) is 26.2 Å². The number of hydrogen-bond donors (Lipinski definition) is 0. The molecule has 3 aromatic rings. The Morgan fingerprint density at radius 2 is 1.41 bits per heavy atom. The molecule has 0 spiro atoms. The van der Waals surface area contributed by atoms with Gasteiger partial charge in [0.25, 0.3) is 0 Å². The fourth-order valence-corrected chi connectivity index (χ4v) is 4.48. The van der Waals surface area contributed by atoms with Crippen molar-refractivity contribution in [3.05, 3.63) is 106 Å². The standard InChI is InChI=1S/C24H24F2N2S/c25-21-9-5-19(6-10-21)24(20-7-11-22(26)12-8-20)28-16-14-27(15-17-28)13-1-3-23-4-2-18-29-23/h1-2,4-13,18,24H,3,14-17H2/b13-1+. The molecule has 0 amide bonds. The molecular formula is C24H24F2N2S. The summed E-state index contributed by atoms with van der Waals surface area (Å²) in [5.41, 5.74) is 2.05. The van der Waals surface area contributed by atoms with Gasteiger partial charge in [0, 0.05) is 37.5 Å². The summed E-state index contributed by atoms with van der Waals surface area (Å²) in [4.78, 5) is 6.10. The van der Waals surface area contributed by atoms with Gasteiger partial charge in [0.15, 0.2) is 0 Å². The van der Waals surface area contributed by atoms with Crippen LogP contribution in [-0.2, 0) is 6.42 Å². The SMILES string of the molecule is Fc1ccc(C(c2ccc(F)cc2)N2CCN(/C=C/Cc3cccs3)CC2)cc1. The molecule has 5 heteroatoms. The van der Waals surface area contributed by atoms with Crippen LogP contribution >= 0.6 is 11.3 Å². The van der Waals surface area contributed by atoms with E-state index in [9.17, 15) is 8.78 Å². The van der Waals surface area contributed by atoms with Crippen molar-refractivity contribution in [3.8, 4) is 0 Å². The highest BCUT2D eigenvalue weighted by Gasteiger charge is 2.25. The molecule has 0 aliphatic carbocycles. The summed E-state index contributed by atoms with van der Waals surface area (Å²) in [6.07, 6.45) is 5.38. The van der Waals surface area contributed by atoms with Gasteiger partial charge < -0.3 is 4.90 Å². The Morgan fingerprint density at radius 3 is 1.93 bits per heavy atom. The minimum atomic E-state index is -0.243. The zero-order valence-electron chi connectivity index (χ0n) is 16.2. The van der Waals surface area contributed by atoms with E-state index >= 15 is 0 Å². The first kappa shape index (κ1) is 19.8. The maximum atomic E-state index is 13.4.